The molecule has 0 radical (unpaired) electrons. The number of esters is 1. The smallest absolute Gasteiger partial charge is 0.338 e. The lowest BCUT2D eigenvalue weighted by molar-refractivity contribution is -0.0148. The minimum Gasteiger partial charge on any atom is -0.508 e. The maximum Gasteiger partial charge on any atom is 0.338 e. The highest BCUT2D eigenvalue weighted by atomic mass is 16.6. The molecule has 1 unspecified atom stereocenters. The van der Waals surface area contributed by atoms with Crippen LogP contribution in [0.5, 0.6) is 5.75 Å². The Bertz CT molecular complexity index is 441. The highest BCUT2D eigenvalue weighted by Gasteiger charge is 2.44. The zero-order chi connectivity index (χ0) is 12.5. The lowest BCUT2D eigenvalue weighted by Gasteiger charge is -2.16. The second-order valence-corrected chi connectivity index (χ2v) is 4.49. The topological polar surface area (TPSA) is 65.0 Å². The fraction of sp³-hybridized carbons (Fsp3) is 0.462. The first-order chi connectivity index (χ1) is 8.74. The summed E-state index contributed by atoms with van der Waals surface area (Å²) < 4.78 is 16.4. The number of carbonyl (C=O) groups is 1. The first-order valence-corrected chi connectivity index (χ1v) is 5.97. The van der Waals surface area contributed by atoms with E-state index in [4.69, 9.17) is 19.3 Å². The molecule has 1 aromatic carbocycles. The molecule has 18 heavy (non-hydrogen) atoms. The van der Waals surface area contributed by atoms with E-state index in [9.17, 15) is 4.79 Å². The number of fused-ring (bicyclic) bond motifs is 1. The Morgan fingerprint density at radius 1 is 1.28 bits per heavy atom. The number of carbonyl (C=O) groups excluding carboxylic acids is 1. The van der Waals surface area contributed by atoms with Gasteiger partial charge in [-0.3, -0.25) is 0 Å². The second-order valence-electron chi connectivity index (χ2n) is 4.49. The van der Waals surface area contributed by atoms with Crippen LogP contribution in [0.1, 0.15) is 16.8 Å². The van der Waals surface area contributed by atoms with Crippen molar-refractivity contribution in [1.29, 1.82) is 0 Å². The second kappa shape index (κ2) is 4.59. The van der Waals surface area contributed by atoms with Crippen molar-refractivity contribution in [2.24, 2.45) is 0 Å². The highest BCUT2D eigenvalue weighted by molar-refractivity contribution is 5.89. The molecule has 2 saturated heterocycles. The van der Waals surface area contributed by atoms with Gasteiger partial charge in [0.2, 0.25) is 0 Å². The Morgan fingerprint density at radius 3 is 2.83 bits per heavy atom. The third-order valence-corrected chi connectivity index (χ3v) is 3.28. The number of phenolic OH excluding ortho intramolecular Hbond substituents is 1. The number of phenols is 1. The summed E-state index contributed by atoms with van der Waals surface area (Å²) in [4.78, 5) is 11.9. The SMILES string of the molecule is O=C(OC1CO[C@@H]2CCO[C@H]12)c1ccc(O)cc1. The summed E-state index contributed by atoms with van der Waals surface area (Å²) in [5.41, 5.74) is 0.411. The highest BCUT2D eigenvalue weighted by Crippen LogP contribution is 2.28. The number of benzene rings is 1. The van der Waals surface area contributed by atoms with Crippen LogP contribution in [0.25, 0.3) is 0 Å². The Balaban J connectivity index is 1.66. The number of hydrogen-bond acceptors (Lipinski definition) is 5. The van der Waals surface area contributed by atoms with E-state index in [1.165, 1.54) is 24.3 Å². The molecule has 0 aliphatic carbocycles. The van der Waals surface area contributed by atoms with Crippen molar-refractivity contribution >= 4 is 5.97 Å². The van der Waals surface area contributed by atoms with Crippen LogP contribution in [-0.4, -0.2) is 42.6 Å². The minimum atomic E-state index is -0.417. The van der Waals surface area contributed by atoms with E-state index in [-0.39, 0.29) is 24.1 Å². The predicted molar refractivity (Wildman–Crippen MR) is 61.4 cm³/mol. The van der Waals surface area contributed by atoms with Crippen LogP contribution in [0.15, 0.2) is 24.3 Å². The average molecular weight is 250 g/mol. The first kappa shape index (κ1) is 11.5. The van der Waals surface area contributed by atoms with Crippen LogP contribution in [0, 0.1) is 0 Å². The van der Waals surface area contributed by atoms with Gasteiger partial charge in [0.05, 0.1) is 18.3 Å². The molecular weight excluding hydrogens is 236 g/mol. The molecule has 0 amide bonds. The van der Waals surface area contributed by atoms with Gasteiger partial charge in [-0.25, -0.2) is 4.79 Å². The van der Waals surface area contributed by atoms with Crippen LogP contribution < -0.4 is 0 Å². The summed E-state index contributed by atoms with van der Waals surface area (Å²) >= 11 is 0. The number of hydrogen-bond donors (Lipinski definition) is 1. The number of ether oxygens (including phenoxy) is 3. The predicted octanol–water partition coefficient (Wildman–Crippen LogP) is 1.11. The quantitative estimate of drug-likeness (QED) is 0.796. The molecule has 5 heteroatoms. The maximum absolute atomic E-state index is 11.9. The third kappa shape index (κ3) is 2.07. The molecule has 2 aliphatic rings. The summed E-state index contributed by atoms with van der Waals surface area (Å²) in [5.74, 6) is -0.297. The first-order valence-electron chi connectivity index (χ1n) is 5.97. The Hall–Kier alpha value is -1.59. The van der Waals surface area contributed by atoms with Crippen molar-refractivity contribution in [3.8, 4) is 5.75 Å². The Kier molecular flexibility index (Phi) is 2.93. The standard InChI is InChI=1S/C13H14O5/c14-9-3-1-8(2-4-9)13(15)18-11-7-17-10-5-6-16-12(10)11/h1-4,10-12,14H,5-7H2/t10-,11?,12+/m1/s1. The van der Waals surface area contributed by atoms with Crippen LogP contribution in [0.2, 0.25) is 0 Å². The minimum absolute atomic E-state index is 0.0580. The van der Waals surface area contributed by atoms with E-state index in [0.717, 1.165) is 6.42 Å². The molecule has 1 N–H and O–H groups in total. The molecule has 3 rings (SSSR count). The number of aromatic hydroxyl groups is 1. The zero-order valence-electron chi connectivity index (χ0n) is 9.74. The third-order valence-electron chi connectivity index (χ3n) is 3.28. The molecule has 0 saturated carbocycles. The van der Waals surface area contributed by atoms with Crippen molar-refractivity contribution in [2.75, 3.05) is 13.2 Å². The molecule has 1 aromatic rings. The van der Waals surface area contributed by atoms with E-state index in [2.05, 4.69) is 0 Å². The lowest BCUT2D eigenvalue weighted by Crippen LogP contribution is -2.32. The average Bonchev–Trinajstić information content (AvgIpc) is 2.95. The molecule has 0 bridgehead atoms. The fourth-order valence-electron chi connectivity index (χ4n) is 2.33. The van der Waals surface area contributed by atoms with Gasteiger partial charge in [-0.1, -0.05) is 0 Å². The van der Waals surface area contributed by atoms with Gasteiger partial charge >= 0.3 is 5.97 Å². The van der Waals surface area contributed by atoms with Crippen LogP contribution >= 0.6 is 0 Å². The van der Waals surface area contributed by atoms with Crippen molar-refractivity contribution in [1.82, 2.24) is 0 Å². The van der Waals surface area contributed by atoms with E-state index in [1.54, 1.807) is 0 Å². The van der Waals surface area contributed by atoms with Gasteiger partial charge in [0.1, 0.15) is 11.9 Å². The summed E-state index contributed by atoms with van der Waals surface area (Å²) in [5, 5.41) is 9.15. The monoisotopic (exact) mass is 250 g/mol. The van der Waals surface area contributed by atoms with Crippen LogP contribution in [-0.2, 0) is 14.2 Å². The van der Waals surface area contributed by atoms with Crippen molar-refractivity contribution < 1.29 is 24.1 Å². The van der Waals surface area contributed by atoms with Gasteiger partial charge in [0, 0.05) is 6.61 Å². The summed E-state index contributed by atoms with van der Waals surface area (Å²) in [6.45, 7) is 1.04. The van der Waals surface area contributed by atoms with E-state index < -0.39 is 5.97 Å². The molecule has 3 atom stereocenters. The molecule has 96 valence electrons. The number of rotatable bonds is 2. The van der Waals surface area contributed by atoms with Crippen LogP contribution in [0.4, 0.5) is 0 Å². The summed E-state index contributed by atoms with van der Waals surface area (Å²) in [7, 11) is 0. The molecule has 2 aliphatic heterocycles. The van der Waals surface area contributed by atoms with Gasteiger partial charge < -0.3 is 19.3 Å². The van der Waals surface area contributed by atoms with Gasteiger partial charge in [0.25, 0.3) is 0 Å². The van der Waals surface area contributed by atoms with Crippen LogP contribution in [0.3, 0.4) is 0 Å². The fourth-order valence-corrected chi connectivity index (χ4v) is 2.33. The Morgan fingerprint density at radius 2 is 2.06 bits per heavy atom. The zero-order valence-corrected chi connectivity index (χ0v) is 9.74. The molecule has 2 fully saturated rings. The maximum atomic E-state index is 11.9. The van der Waals surface area contributed by atoms with Gasteiger partial charge in [-0.2, -0.15) is 0 Å². The van der Waals surface area contributed by atoms with Gasteiger partial charge in [-0.15, -0.1) is 0 Å². The Labute approximate surface area is 104 Å². The van der Waals surface area contributed by atoms with E-state index >= 15 is 0 Å². The van der Waals surface area contributed by atoms with E-state index in [0.29, 0.717) is 18.8 Å². The molecular formula is C13H14O5. The van der Waals surface area contributed by atoms with Crippen molar-refractivity contribution in [3.05, 3.63) is 29.8 Å². The summed E-state index contributed by atoms with van der Waals surface area (Å²) in [6, 6.07) is 5.97. The van der Waals surface area contributed by atoms with E-state index in [1.807, 2.05) is 0 Å². The molecule has 0 spiro atoms. The molecule has 5 nitrogen and oxygen atoms in total. The largest absolute Gasteiger partial charge is 0.508 e. The molecule has 0 aromatic heterocycles. The van der Waals surface area contributed by atoms with Gasteiger partial charge in [0.15, 0.2) is 6.10 Å². The lowest BCUT2D eigenvalue weighted by atomic mass is 10.1. The molecule has 2 heterocycles. The van der Waals surface area contributed by atoms with Gasteiger partial charge in [-0.05, 0) is 30.7 Å². The normalized spacial score (nSPS) is 30.1. The van der Waals surface area contributed by atoms with Crippen molar-refractivity contribution in [2.45, 2.75) is 24.7 Å². The van der Waals surface area contributed by atoms with Crippen molar-refractivity contribution in [3.63, 3.8) is 0 Å². The summed E-state index contributed by atoms with van der Waals surface area (Å²) in [6.07, 6.45) is 0.449.